The molecule has 0 saturated carbocycles. The van der Waals surface area contributed by atoms with E-state index >= 15 is 0 Å². The maximum atomic E-state index is 5.30. The zero-order chi connectivity index (χ0) is 10.3. The fraction of sp³-hybridized carbons (Fsp3) is 0.231. The van der Waals surface area contributed by atoms with Crippen molar-refractivity contribution in [2.75, 3.05) is 13.2 Å². The molecular formula is C13H14O2. The summed E-state index contributed by atoms with van der Waals surface area (Å²) in [6.07, 6.45) is 8.54. The first-order chi connectivity index (χ1) is 7.47. The standard InChI is InChI=1S/C8H8O.C5H6O/c1-2-4-8-7(3-1)5-6-9-8;1-2-4-6-5-3-1/h1-4H,5-6H2;1-4H,5H2. The topological polar surface area (TPSA) is 18.5 Å². The molecule has 0 aliphatic carbocycles. The molecule has 0 bridgehead atoms. The lowest BCUT2D eigenvalue weighted by Gasteiger charge is -1.94. The van der Waals surface area contributed by atoms with Gasteiger partial charge in [0.25, 0.3) is 0 Å². The van der Waals surface area contributed by atoms with Gasteiger partial charge in [0, 0.05) is 6.42 Å². The lowest BCUT2D eigenvalue weighted by Crippen LogP contribution is -1.85. The molecule has 15 heavy (non-hydrogen) atoms. The molecule has 2 nitrogen and oxygen atoms in total. The summed E-state index contributed by atoms with van der Waals surface area (Å²) in [4.78, 5) is 0. The predicted octanol–water partition coefficient (Wildman–Crippen LogP) is 2.71. The summed E-state index contributed by atoms with van der Waals surface area (Å²) in [6, 6.07) is 8.18. The maximum Gasteiger partial charge on any atom is 0.122 e. The van der Waals surface area contributed by atoms with Crippen LogP contribution in [0.25, 0.3) is 0 Å². The van der Waals surface area contributed by atoms with Gasteiger partial charge in [0.05, 0.1) is 12.9 Å². The Bertz CT molecular complexity index is 332. The Kier molecular flexibility index (Phi) is 3.44. The molecule has 0 amide bonds. The number of benzene rings is 1. The Morgan fingerprint density at radius 3 is 2.60 bits per heavy atom. The fourth-order valence-electron chi connectivity index (χ4n) is 1.47. The van der Waals surface area contributed by atoms with E-state index in [1.807, 2.05) is 36.4 Å². The van der Waals surface area contributed by atoms with Gasteiger partial charge in [-0.1, -0.05) is 24.3 Å². The van der Waals surface area contributed by atoms with Crippen molar-refractivity contribution in [3.05, 3.63) is 54.3 Å². The first-order valence-corrected chi connectivity index (χ1v) is 5.11. The second-order valence-electron chi connectivity index (χ2n) is 3.30. The van der Waals surface area contributed by atoms with Crippen molar-refractivity contribution in [1.29, 1.82) is 0 Å². The molecule has 2 aliphatic rings. The van der Waals surface area contributed by atoms with Crippen molar-refractivity contribution in [3.8, 4) is 5.75 Å². The van der Waals surface area contributed by atoms with Crippen LogP contribution in [0.4, 0.5) is 0 Å². The first kappa shape index (κ1) is 9.84. The molecule has 78 valence electrons. The summed E-state index contributed by atoms with van der Waals surface area (Å²) in [5.74, 6) is 1.07. The highest BCUT2D eigenvalue weighted by Crippen LogP contribution is 2.23. The SMILES string of the molecule is C1=CCOC=C1.c1ccc2c(c1)CCO2. The first-order valence-electron chi connectivity index (χ1n) is 5.11. The molecular weight excluding hydrogens is 188 g/mol. The molecule has 0 spiro atoms. The molecule has 3 rings (SSSR count). The molecule has 1 aromatic rings. The van der Waals surface area contributed by atoms with E-state index in [1.165, 1.54) is 5.56 Å². The highest BCUT2D eigenvalue weighted by atomic mass is 16.5. The molecule has 2 heteroatoms. The fourth-order valence-corrected chi connectivity index (χ4v) is 1.47. The van der Waals surface area contributed by atoms with Gasteiger partial charge in [-0.05, 0) is 23.8 Å². The summed E-state index contributed by atoms with van der Waals surface area (Å²) in [7, 11) is 0. The van der Waals surface area contributed by atoms with Crippen LogP contribution in [0, 0.1) is 0 Å². The van der Waals surface area contributed by atoms with Crippen LogP contribution >= 0.6 is 0 Å². The van der Waals surface area contributed by atoms with Crippen LogP contribution < -0.4 is 4.74 Å². The molecule has 1 aromatic carbocycles. The average molecular weight is 202 g/mol. The molecule has 2 aliphatic heterocycles. The van der Waals surface area contributed by atoms with Gasteiger partial charge < -0.3 is 9.47 Å². The second kappa shape index (κ2) is 5.25. The van der Waals surface area contributed by atoms with Gasteiger partial charge in [-0.2, -0.15) is 0 Å². The summed E-state index contributed by atoms with van der Waals surface area (Å²) in [5.41, 5.74) is 1.34. The van der Waals surface area contributed by atoms with E-state index in [0.29, 0.717) is 0 Å². The molecule has 0 saturated heterocycles. The smallest absolute Gasteiger partial charge is 0.122 e. The molecule has 0 fully saturated rings. The summed E-state index contributed by atoms with van der Waals surface area (Å²) >= 11 is 0. The molecule has 0 N–H and O–H groups in total. The molecule has 0 aromatic heterocycles. The van der Waals surface area contributed by atoms with Gasteiger partial charge in [0.2, 0.25) is 0 Å². The summed E-state index contributed by atoms with van der Waals surface area (Å²) in [6.45, 7) is 1.59. The van der Waals surface area contributed by atoms with Crippen LogP contribution in [0.1, 0.15) is 5.56 Å². The molecule has 0 atom stereocenters. The zero-order valence-corrected chi connectivity index (χ0v) is 8.56. The molecule has 0 unspecified atom stereocenters. The van der Waals surface area contributed by atoms with Gasteiger partial charge >= 0.3 is 0 Å². The van der Waals surface area contributed by atoms with Gasteiger partial charge in [0.15, 0.2) is 0 Å². The van der Waals surface area contributed by atoms with Crippen LogP contribution in [0.5, 0.6) is 5.75 Å². The van der Waals surface area contributed by atoms with Crippen molar-refractivity contribution in [1.82, 2.24) is 0 Å². The minimum Gasteiger partial charge on any atom is -0.497 e. The van der Waals surface area contributed by atoms with Crippen LogP contribution in [0.3, 0.4) is 0 Å². The van der Waals surface area contributed by atoms with E-state index in [0.717, 1.165) is 25.4 Å². The maximum absolute atomic E-state index is 5.30. The average Bonchev–Trinajstić information content (AvgIpc) is 2.80. The zero-order valence-electron chi connectivity index (χ0n) is 8.56. The van der Waals surface area contributed by atoms with Gasteiger partial charge in [-0.15, -0.1) is 0 Å². The number of allylic oxidation sites excluding steroid dienone is 2. The van der Waals surface area contributed by atoms with E-state index in [2.05, 4.69) is 6.07 Å². The summed E-state index contributed by atoms with van der Waals surface area (Å²) in [5, 5.41) is 0. The van der Waals surface area contributed by atoms with Crippen molar-refractivity contribution in [2.45, 2.75) is 6.42 Å². The van der Waals surface area contributed by atoms with Crippen molar-refractivity contribution in [3.63, 3.8) is 0 Å². The normalized spacial score (nSPS) is 15.7. The second-order valence-corrected chi connectivity index (χ2v) is 3.30. The molecule has 0 radical (unpaired) electrons. The Hall–Kier alpha value is -1.70. The summed E-state index contributed by atoms with van der Waals surface area (Å²) < 4.78 is 10.1. The lowest BCUT2D eigenvalue weighted by atomic mass is 10.2. The van der Waals surface area contributed by atoms with E-state index in [4.69, 9.17) is 9.47 Å². The number of rotatable bonds is 0. The lowest BCUT2D eigenvalue weighted by molar-refractivity contribution is 0.286. The van der Waals surface area contributed by atoms with Gasteiger partial charge in [-0.25, -0.2) is 0 Å². The van der Waals surface area contributed by atoms with Crippen LogP contribution in [-0.4, -0.2) is 13.2 Å². The Morgan fingerprint density at radius 2 is 2.00 bits per heavy atom. The third-order valence-corrected chi connectivity index (χ3v) is 2.22. The Morgan fingerprint density at radius 1 is 1.07 bits per heavy atom. The Balaban J connectivity index is 0.000000124. The predicted molar refractivity (Wildman–Crippen MR) is 59.9 cm³/mol. The molecule has 2 heterocycles. The monoisotopic (exact) mass is 202 g/mol. The minimum absolute atomic E-state index is 0.733. The van der Waals surface area contributed by atoms with Crippen LogP contribution in [-0.2, 0) is 11.2 Å². The van der Waals surface area contributed by atoms with Gasteiger partial charge in [0.1, 0.15) is 12.4 Å². The minimum atomic E-state index is 0.733. The van der Waals surface area contributed by atoms with Crippen LogP contribution in [0.2, 0.25) is 0 Å². The number of hydrogen-bond acceptors (Lipinski definition) is 2. The van der Waals surface area contributed by atoms with E-state index in [9.17, 15) is 0 Å². The number of para-hydroxylation sites is 1. The third-order valence-electron chi connectivity index (χ3n) is 2.22. The third kappa shape index (κ3) is 2.88. The van der Waals surface area contributed by atoms with Crippen molar-refractivity contribution < 1.29 is 9.47 Å². The van der Waals surface area contributed by atoms with Crippen molar-refractivity contribution in [2.24, 2.45) is 0 Å². The van der Waals surface area contributed by atoms with Crippen LogP contribution in [0.15, 0.2) is 48.8 Å². The quantitative estimate of drug-likeness (QED) is 0.644. The van der Waals surface area contributed by atoms with Crippen molar-refractivity contribution >= 4 is 0 Å². The highest BCUT2D eigenvalue weighted by molar-refractivity contribution is 5.35. The Labute approximate surface area is 89.8 Å². The number of hydrogen-bond donors (Lipinski definition) is 0. The van der Waals surface area contributed by atoms with Gasteiger partial charge in [-0.3, -0.25) is 0 Å². The van der Waals surface area contributed by atoms with E-state index in [1.54, 1.807) is 6.26 Å². The van der Waals surface area contributed by atoms with E-state index in [-0.39, 0.29) is 0 Å². The number of fused-ring (bicyclic) bond motifs is 1. The van der Waals surface area contributed by atoms with E-state index < -0.39 is 0 Å². The largest absolute Gasteiger partial charge is 0.497 e. The number of ether oxygens (including phenoxy) is 2. The highest BCUT2D eigenvalue weighted by Gasteiger charge is 2.08.